The summed E-state index contributed by atoms with van der Waals surface area (Å²) in [6.07, 6.45) is 0. The van der Waals surface area contributed by atoms with E-state index >= 15 is 0 Å². The molecule has 8 aromatic carbocycles. The maximum Gasteiger partial charge on any atom is 0.164 e. The van der Waals surface area contributed by atoms with Crippen molar-refractivity contribution in [1.29, 1.82) is 0 Å². The van der Waals surface area contributed by atoms with Crippen LogP contribution in [0, 0.1) is 6.92 Å². The molecule has 0 bridgehead atoms. The smallest absolute Gasteiger partial charge is 0.164 e. The summed E-state index contributed by atoms with van der Waals surface area (Å²) in [5.74, 6) is 1.96. The van der Waals surface area contributed by atoms with Crippen LogP contribution in [0.5, 0.6) is 0 Å². The van der Waals surface area contributed by atoms with Crippen molar-refractivity contribution in [2.75, 3.05) is 0 Å². The van der Waals surface area contributed by atoms with Gasteiger partial charge in [0.05, 0.1) is 5.41 Å². The van der Waals surface area contributed by atoms with Crippen LogP contribution < -0.4 is 0 Å². The molecule has 0 N–H and O–H groups in total. The third-order valence-corrected chi connectivity index (χ3v) is 13.1. The van der Waals surface area contributed by atoms with E-state index in [9.17, 15) is 0 Å². The highest BCUT2D eigenvalue weighted by Crippen LogP contribution is 2.63. The van der Waals surface area contributed by atoms with Gasteiger partial charge in [-0.3, -0.25) is 0 Å². The highest BCUT2D eigenvalue weighted by atomic mass is 32.1. The third-order valence-electron chi connectivity index (χ3n) is 12.0. The average Bonchev–Trinajstić information content (AvgIpc) is 3.77. The Morgan fingerprint density at radius 1 is 0.386 bits per heavy atom. The monoisotopic (exact) mass is 743 g/mol. The lowest BCUT2D eigenvalue weighted by atomic mass is 9.65. The van der Waals surface area contributed by atoms with Gasteiger partial charge < -0.3 is 0 Å². The number of hydrogen-bond acceptors (Lipinski definition) is 4. The maximum atomic E-state index is 5.25. The Morgan fingerprint density at radius 2 is 0.965 bits per heavy atom. The minimum Gasteiger partial charge on any atom is -0.208 e. The molecule has 0 saturated carbocycles. The number of aryl methyl sites for hydroxylation is 1. The topological polar surface area (TPSA) is 38.7 Å². The second kappa shape index (κ2) is 12.2. The van der Waals surface area contributed by atoms with Crippen LogP contribution in [-0.4, -0.2) is 15.0 Å². The summed E-state index contributed by atoms with van der Waals surface area (Å²) in [7, 11) is 0. The van der Waals surface area contributed by atoms with Gasteiger partial charge in [-0.1, -0.05) is 163 Å². The Morgan fingerprint density at radius 3 is 1.72 bits per heavy atom. The van der Waals surface area contributed by atoms with E-state index in [2.05, 4.69) is 171 Å². The van der Waals surface area contributed by atoms with E-state index in [4.69, 9.17) is 15.0 Å². The molecule has 1 atom stereocenters. The number of fused-ring (bicyclic) bond motifs is 16. The highest BCUT2D eigenvalue weighted by molar-refractivity contribution is 7.26. The third kappa shape index (κ3) is 4.62. The largest absolute Gasteiger partial charge is 0.208 e. The van der Waals surface area contributed by atoms with Crippen molar-refractivity contribution in [3.05, 3.63) is 210 Å². The normalized spacial score (nSPS) is 14.8. The van der Waals surface area contributed by atoms with Crippen LogP contribution in [0.1, 0.15) is 27.8 Å². The van der Waals surface area contributed by atoms with Crippen molar-refractivity contribution in [2.24, 2.45) is 0 Å². The number of aromatic nitrogens is 3. The molecule has 10 aromatic rings. The second-order valence-corrected chi connectivity index (χ2v) is 16.2. The zero-order valence-electron chi connectivity index (χ0n) is 31.1. The fraction of sp³-hybridized carbons (Fsp3) is 0.0377. The summed E-state index contributed by atoms with van der Waals surface area (Å²) >= 11 is 1.88. The van der Waals surface area contributed by atoms with Gasteiger partial charge in [0, 0.05) is 36.9 Å². The second-order valence-electron chi connectivity index (χ2n) is 15.1. The van der Waals surface area contributed by atoms with E-state index in [1.54, 1.807) is 0 Å². The number of nitrogens with zero attached hydrogens (tertiary/aromatic N) is 3. The van der Waals surface area contributed by atoms with Gasteiger partial charge in [0.1, 0.15) is 0 Å². The highest BCUT2D eigenvalue weighted by Gasteiger charge is 2.50. The molecule has 266 valence electrons. The van der Waals surface area contributed by atoms with Crippen molar-refractivity contribution >= 4 is 31.5 Å². The molecular formula is C53H33N3S. The molecule has 2 aromatic heterocycles. The van der Waals surface area contributed by atoms with Crippen LogP contribution >= 0.6 is 11.3 Å². The molecule has 2 aliphatic carbocycles. The van der Waals surface area contributed by atoms with Gasteiger partial charge in [0.25, 0.3) is 0 Å². The van der Waals surface area contributed by atoms with Crippen molar-refractivity contribution in [3.8, 4) is 67.5 Å². The molecule has 0 amide bonds. The Bertz CT molecular complexity index is 3270. The molecule has 4 heteroatoms. The van der Waals surface area contributed by atoms with Gasteiger partial charge in [-0.25, -0.2) is 15.0 Å². The van der Waals surface area contributed by atoms with Crippen molar-refractivity contribution < 1.29 is 0 Å². The number of rotatable bonds is 3. The fourth-order valence-electron chi connectivity index (χ4n) is 9.67. The van der Waals surface area contributed by atoms with E-state index in [1.807, 2.05) is 29.5 Å². The van der Waals surface area contributed by atoms with Crippen LogP contribution in [-0.2, 0) is 5.41 Å². The van der Waals surface area contributed by atoms with Crippen LogP contribution in [0.15, 0.2) is 182 Å². The van der Waals surface area contributed by atoms with Crippen LogP contribution in [0.3, 0.4) is 0 Å². The van der Waals surface area contributed by atoms with Gasteiger partial charge >= 0.3 is 0 Å². The lowest BCUT2D eigenvalue weighted by molar-refractivity contribution is 0.776. The summed E-state index contributed by atoms with van der Waals surface area (Å²) < 4.78 is 2.62. The van der Waals surface area contributed by atoms with Crippen LogP contribution in [0.4, 0.5) is 0 Å². The lowest BCUT2D eigenvalue weighted by Gasteiger charge is -2.35. The molecule has 0 aliphatic heterocycles. The summed E-state index contributed by atoms with van der Waals surface area (Å²) in [4.78, 5) is 15.5. The molecule has 0 saturated heterocycles. The minimum atomic E-state index is -0.640. The predicted octanol–water partition coefficient (Wildman–Crippen LogP) is 13.6. The van der Waals surface area contributed by atoms with E-state index in [1.165, 1.54) is 75.8 Å². The fourth-order valence-corrected chi connectivity index (χ4v) is 10.8. The lowest BCUT2D eigenvalue weighted by Crippen LogP contribution is -2.29. The first kappa shape index (κ1) is 32.3. The minimum absolute atomic E-state index is 0.640. The van der Waals surface area contributed by atoms with Crippen molar-refractivity contribution in [2.45, 2.75) is 12.3 Å². The zero-order valence-corrected chi connectivity index (χ0v) is 31.9. The number of hydrogen-bond donors (Lipinski definition) is 0. The molecule has 1 spiro atoms. The molecule has 2 heterocycles. The summed E-state index contributed by atoms with van der Waals surface area (Å²) in [6, 6.07) is 66.3. The Labute approximate surface area is 334 Å². The first-order chi connectivity index (χ1) is 28.2. The van der Waals surface area contributed by atoms with Gasteiger partial charge in [-0.15, -0.1) is 11.3 Å². The van der Waals surface area contributed by atoms with E-state index < -0.39 is 5.41 Å². The number of benzene rings is 8. The molecule has 0 fully saturated rings. The molecule has 3 nitrogen and oxygen atoms in total. The molecule has 1 unspecified atom stereocenters. The zero-order chi connectivity index (χ0) is 37.7. The van der Waals surface area contributed by atoms with Crippen molar-refractivity contribution in [1.82, 2.24) is 15.0 Å². The Balaban J connectivity index is 1.22. The first-order valence-electron chi connectivity index (χ1n) is 19.4. The first-order valence-corrected chi connectivity index (χ1v) is 20.3. The molecular weight excluding hydrogens is 711 g/mol. The Kier molecular flexibility index (Phi) is 6.93. The van der Waals surface area contributed by atoms with Gasteiger partial charge in [-0.05, 0) is 86.8 Å². The SMILES string of the molecule is Cc1cccc(-c2nc(-c3ccccc3)nc(-c3ccc4c(c3)C3(c5ccccc5-c5ccccc5-4)c4ccccc4-c4c3ccc3sc5ccccc5c43)n2)c1. The maximum absolute atomic E-state index is 5.25. The van der Waals surface area contributed by atoms with Gasteiger partial charge in [-0.2, -0.15) is 0 Å². The standard InChI is InChI=1S/C53H33N3S/c1-32-14-13-17-34(30-32)51-54-50(33-15-3-2-4-16-33)55-52(56-51)35-26-27-39-37-19-6-5-18-36(37)38-20-7-10-23-42(38)53(45(39)31-35)43-24-11-8-21-40(43)48-44(53)28-29-47-49(48)41-22-9-12-25-46(41)57-47/h2-31H,1H3. The summed E-state index contributed by atoms with van der Waals surface area (Å²) in [5, 5.41) is 2.64. The van der Waals surface area contributed by atoms with Crippen LogP contribution in [0.25, 0.3) is 87.7 Å². The van der Waals surface area contributed by atoms with E-state index in [-0.39, 0.29) is 0 Å². The quantitative estimate of drug-likeness (QED) is 0.181. The van der Waals surface area contributed by atoms with Crippen molar-refractivity contribution in [3.63, 3.8) is 0 Å². The predicted molar refractivity (Wildman–Crippen MR) is 235 cm³/mol. The van der Waals surface area contributed by atoms with E-state index in [0.29, 0.717) is 17.5 Å². The summed E-state index contributed by atoms with van der Waals surface area (Å²) in [6.45, 7) is 2.11. The summed E-state index contributed by atoms with van der Waals surface area (Å²) in [5.41, 5.74) is 16.0. The molecule has 12 rings (SSSR count). The average molecular weight is 744 g/mol. The van der Waals surface area contributed by atoms with Crippen LogP contribution in [0.2, 0.25) is 0 Å². The Hall–Kier alpha value is -7.01. The number of thiophene rings is 1. The van der Waals surface area contributed by atoms with Gasteiger partial charge in [0.2, 0.25) is 0 Å². The molecule has 0 radical (unpaired) electrons. The van der Waals surface area contributed by atoms with E-state index in [0.717, 1.165) is 22.3 Å². The van der Waals surface area contributed by atoms with Gasteiger partial charge in [0.15, 0.2) is 17.5 Å². The molecule has 57 heavy (non-hydrogen) atoms. The molecule has 2 aliphatic rings.